The Morgan fingerprint density at radius 1 is 1.56 bits per heavy atom. The zero-order valence-corrected chi connectivity index (χ0v) is 11.2. The summed E-state index contributed by atoms with van der Waals surface area (Å²) in [6.45, 7) is 1.98. The van der Waals surface area contributed by atoms with Gasteiger partial charge in [-0.3, -0.25) is 16.3 Å². The predicted octanol–water partition coefficient (Wildman–Crippen LogP) is 1.60. The molecule has 0 radical (unpaired) electrons. The molecule has 0 aliphatic carbocycles. The van der Waals surface area contributed by atoms with Gasteiger partial charge in [-0.05, 0) is 19.1 Å². The van der Waals surface area contributed by atoms with Crippen LogP contribution in [0.4, 0.5) is 0 Å². The fourth-order valence-corrected chi connectivity index (χ4v) is 2.56. The first-order valence-corrected chi connectivity index (χ1v) is 6.48. The molecule has 3 N–H and O–H groups in total. The molecule has 0 saturated heterocycles. The summed E-state index contributed by atoms with van der Waals surface area (Å²) in [6, 6.07) is 3.61. The number of methoxy groups -OCH3 is 1. The fraction of sp³-hybridized carbons (Fsp3) is 0.333. The summed E-state index contributed by atoms with van der Waals surface area (Å²) >= 11 is 1.63. The lowest BCUT2D eigenvalue weighted by Crippen LogP contribution is -2.30. The summed E-state index contributed by atoms with van der Waals surface area (Å²) in [6.07, 6.45) is 2.43. The van der Waals surface area contributed by atoms with Gasteiger partial charge in [0.05, 0.1) is 18.2 Å². The number of thiazole rings is 1. The van der Waals surface area contributed by atoms with Gasteiger partial charge in [-0.1, -0.05) is 0 Å². The Morgan fingerprint density at radius 2 is 2.39 bits per heavy atom. The minimum absolute atomic E-state index is 0.105. The number of pyridine rings is 1. The second-order valence-electron chi connectivity index (χ2n) is 3.90. The van der Waals surface area contributed by atoms with Crippen LogP contribution in [0.5, 0.6) is 5.75 Å². The maximum absolute atomic E-state index is 5.61. The van der Waals surface area contributed by atoms with Crippen molar-refractivity contribution in [2.75, 3.05) is 7.11 Å². The lowest BCUT2D eigenvalue weighted by molar-refractivity contribution is 0.394. The Kier molecular flexibility index (Phi) is 4.24. The number of aryl methyl sites for hydroxylation is 1. The molecule has 5 nitrogen and oxygen atoms in total. The molecule has 2 rings (SSSR count). The van der Waals surface area contributed by atoms with Crippen LogP contribution in [0.2, 0.25) is 0 Å². The quantitative estimate of drug-likeness (QED) is 0.634. The topological polar surface area (TPSA) is 73.1 Å². The van der Waals surface area contributed by atoms with Crippen LogP contribution in [-0.2, 0) is 6.42 Å². The maximum Gasteiger partial charge on any atom is 0.142 e. The molecule has 0 aromatic carbocycles. The van der Waals surface area contributed by atoms with Gasteiger partial charge in [-0.25, -0.2) is 4.98 Å². The van der Waals surface area contributed by atoms with Crippen molar-refractivity contribution in [3.8, 4) is 5.75 Å². The van der Waals surface area contributed by atoms with Crippen molar-refractivity contribution < 1.29 is 4.74 Å². The molecule has 2 heterocycles. The van der Waals surface area contributed by atoms with E-state index >= 15 is 0 Å². The van der Waals surface area contributed by atoms with Crippen molar-refractivity contribution in [2.45, 2.75) is 19.4 Å². The largest absolute Gasteiger partial charge is 0.495 e. The zero-order valence-electron chi connectivity index (χ0n) is 10.4. The summed E-state index contributed by atoms with van der Waals surface area (Å²) < 4.78 is 5.30. The number of nitrogens with zero attached hydrogens (tertiary/aromatic N) is 2. The third kappa shape index (κ3) is 2.84. The van der Waals surface area contributed by atoms with E-state index in [0.717, 1.165) is 22.1 Å². The number of rotatable bonds is 5. The van der Waals surface area contributed by atoms with E-state index in [1.165, 1.54) is 0 Å². The van der Waals surface area contributed by atoms with E-state index in [4.69, 9.17) is 10.6 Å². The van der Waals surface area contributed by atoms with Crippen LogP contribution in [-0.4, -0.2) is 17.1 Å². The Bertz CT molecular complexity index is 514. The van der Waals surface area contributed by atoms with Gasteiger partial charge in [0.25, 0.3) is 0 Å². The number of hydrazine groups is 1. The average Bonchev–Trinajstić information content (AvgIpc) is 2.81. The van der Waals surface area contributed by atoms with Gasteiger partial charge in [0, 0.05) is 23.7 Å². The van der Waals surface area contributed by atoms with Gasteiger partial charge < -0.3 is 4.74 Å². The van der Waals surface area contributed by atoms with Crippen molar-refractivity contribution in [3.05, 3.63) is 40.1 Å². The van der Waals surface area contributed by atoms with Crippen molar-refractivity contribution in [3.63, 3.8) is 0 Å². The average molecular weight is 264 g/mol. The Labute approximate surface area is 110 Å². The van der Waals surface area contributed by atoms with E-state index in [9.17, 15) is 0 Å². The molecular weight excluding hydrogens is 248 g/mol. The molecule has 0 aliphatic heterocycles. The van der Waals surface area contributed by atoms with Gasteiger partial charge in [0.1, 0.15) is 11.4 Å². The smallest absolute Gasteiger partial charge is 0.142 e. The summed E-state index contributed by atoms with van der Waals surface area (Å²) in [7, 11) is 1.63. The summed E-state index contributed by atoms with van der Waals surface area (Å²) in [5, 5.41) is 3.06. The first kappa shape index (κ1) is 12.9. The second kappa shape index (κ2) is 5.90. The highest BCUT2D eigenvalue weighted by atomic mass is 32.1. The summed E-state index contributed by atoms with van der Waals surface area (Å²) in [5.74, 6) is 6.34. The van der Waals surface area contributed by atoms with E-state index in [1.807, 2.05) is 24.4 Å². The summed E-state index contributed by atoms with van der Waals surface area (Å²) in [5.41, 5.74) is 4.60. The molecule has 96 valence electrons. The SMILES string of the molecule is COc1cccnc1C(Cc1nc(C)cs1)NN. The normalized spacial score (nSPS) is 12.4. The predicted molar refractivity (Wildman–Crippen MR) is 71.4 cm³/mol. The van der Waals surface area contributed by atoms with Crippen LogP contribution < -0.4 is 16.0 Å². The molecule has 2 aromatic heterocycles. The van der Waals surface area contributed by atoms with Crippen LogP contribution in [0.3, 0.4) is 0 Å². The highest BCUT2D eigenvalue weighted by Gasteiger charge is 2.18. The van der Waals surface area contributed by atoms with Crippen LogP contribution in [0.1, 0.15) is 22.4 Å². The van der Waals surface area contributed by atoms with Gasteiger partial charge >= 0.3 is 0 Å². The molecule has 0 aliphatic rings. The minimum Gasteiger partial charge on any atom is -0.495 e. The third-order valence-corrected chi connectivity index (χ3v) is 3.59. The highest BCUT2D eigenvalue weighted by molar-refractivity contribution is 7.09. The van der Waals surface area contributed by atoms with E-state index in [0.29, 0.717) is 6.42 Å². The maximum atomic E-state index is 5.61. The third-order valence-electron chi connectivity index (χ3n) is 2.60. The molecule has 0 amide bonds. The fourth-order valence-electron chi connectivity index (χ4n) is 1.74. The van der Waals surface area contributed by atoms with Crippen LogP contribution >= 0.6 is 11.3 Å². The molecule has 0 fully saturated rings. The Morgan fingerprint density at radius 3 is 3.00 bits per heavy atom. The molecule has 1 unspecified atom stereocenters. The molecule has 1 atom stereocenters. The number of aromatic nitrogens is 2. The van der Waals surface area contributed by atoms with Gasteiger partial charge in [0.2, 0.25) is 0 Å². The van der Waals surface area contributed by atoms with E-state index in [2.05, 4.69) is 15.4 Å². The Balaban J connectivity index is 2.22. The molecular formula is C12H16N4OS. The highest BCUT2D eigenvalue weighted by Crippen LogP contribution is 2.25. The molecule has 18 heavy (non-hydrogen) atoms. The summed E-state index contributed by atoms with van der Waals surface area (Å²) in [4.78, 5) is 8.77. The number of hydrogen-bond acceptors (Lipinski definition) is 6. The van der Waals surface area contributed by atoms with Crippen molar-refractivity contribution in [1.29, 1.82) is 0 Å². The molecule has 0 bridgehead atoms. The van der Waals surface area contributed by atoms with E-state index < -0.39 is 0 Å². The number of nitrogens with one attached hydrogen (secondary N) is 1. The van der Waals surface area contributed by atoms with Crippen LogP contribution in [0, 0.1) is 6.92 Å². The van der Waals surface area contributed by atoms with Gasteiger partial charge in [0.15, 0.2) is 0 Å². The standard InChI is InChI=1S/C12H16N4OS/c1-8-7-18-11(15-8)6-9(16-13)12-10(17-2)4-3-5-14-12/h3-5,7,9,16H,6,13H2,1-2H3. The minimum atomic E-state index is -0.105. The molecule has 0 saturated carbocycles. The van der Waals surface area contributed by atoms with Crippen molar-refractivity contribution >= 4 is 11.3 Å². The van der Waals surface area contributed by atoms with Gasteiger partial charge in [-0.2, -0.15) is 0 Å². The van der Waals surface area contributed by atoms with Crippen molar-refractivity contribution in [2.24, 2.45) is 5.84 Å². The molecule has 2 aromatic rings. The first-order chi connectivity index (χ1) is 8.74. The number of ether oxygens (including phenoxy) is 1. The lowest BCUT2D eigenvalue weighted by Gasteiger charge is -2.16. The van der Waals surface area contributed by atoms with E-state index in [-0.39, 0.29) is 6.04 Å². The molecule has 0 spiro atoms. The monoisotopic (exact) mass is 264 g/mol. The first-order valence-electron chi connectivity index (χ1n) is 5.60. The lowest BCUT2D eigenvalue weighted by atomic mass is 10.1. The zero-order chi connectivity index (χ0) is 13.0. The van der Waals surface area contributed by atoms with E-state index in [1.54, 1.807) is 24.6 Å². The second-order valence-corrected chi connectivity index (χ2v) is 4.84. The Hall–Kier alpha value is -1.50. The van der Waals surface area contributed by atoms with Crippen LogP contribution in [0.25, 0.3) is 0 Å². The number of hydrogen-bond donors (Lipinski definition) is 2. The van der Waals surface area contributed by atoms with Crippen molar-refractivity contribution in [1.82, 2.24) is 15.4 Å². The number of nitrogens with two attached hydrogens (primary N) is 1. The molecule has 6 heteroatoms. The van der Waals surface area contributed by atoms with Gasteiger partial charge in [-0.15, -0.1) is 11.3 Å². The van der Waals surface area contributed by atoms with Crippen LogP contribution in [0.15, 0.2) is 23.7 Å².